The Morgan fingerprint density at radius 3 is 2.56 bits per heavy atom. The highest BCUT2D eigenvalue weighted by Gasteiger charge is 2.12. The average Bonchev–Trinajstić information content (AvgIpc) is 2.21. The topological polar surface area (TPSA) is 29.1 Å². The molecule has 2 heteroatoms. The zero-order valence-electron chi connectivity index (χ0n) is 10.6. The first kappa shape index (κ1) is 12.9. The Labute approximate surface area is 98.1 Å². The molecule has 1 atom stereocenters. The van der Waals surface area contributed by atoms with Gasteiger partial charge in [0.05, 0.1) is 0 Å². The molecule has 0 aliphatic rings. The molecule has 1 rings (SSSR count). The van der Waals surface area contributed by atoms with E-state index < -0.39 is 0 Å². The van der Waals surface area contributed by atoms with Crippen LogP contribution in [0.4, 0.5) is 0 Å². The molecule has 0 amide bonds. The Hall–Kier alpha value is -1.15. The van der Waals surface area contributed by atoms with Gasteiger partial charge in [-0.05, 0) is 45.4 Å². The minimum atomic E-state index is 0.255. The second-order valence-corrected chi connectivity index (χ2v) is 4.44. The lowest BCUT2D eigenvalue weighted by atomic mass is 9.95. The van der Waals surface area contributed by atoms with Gasteiger partial charge in [-0.15, -0.1) is 0 Å². The molecule has 16 heavy (non-hydrogen) atoms. The maximum Gasteiger partial charge on any atom is 0.129 e. The van der Waals surface area contributed by atoms with Crippen LogP contribution in [0, 0.1) is 13.8 Å². The minimum Gasteiger partial charge on any atom is -0.313 e. The number of Topliss-reactive ketones (excluding diaryl/α,β-unsaturated/α-hetero) is 1. The number of carbonyl (C=O) groups excluding carboxylic acids is 1. The number of carbonyl (C=O) groups is 1. The fraction of sp³-hybridized carbons (Fsp3) is 0.500. The number of benzene rings is 1. The molecule has 1 aromatic carbocycles. The standard InChI is InChI=1S/C14H21NO/c1-10-5-7-13(11(2)9-10)14(15-4)8-6-12(3)16/h5,7,9,14-15H,6,8H2,1-4H3. The molecule has 1 unspecified atom stereocenters. The predicted molar refractivity (Wildman–Crippen MR) is 67.6 cm³/mol. The van der Waals surface area contributed by atoms with E-state index in [1.54, 1.807) is 6.92 Å². The molecule has 0 fully saturated rings. The maximum atomic E-state index is 11.0. The smallest absolute Gasteiger partial charge is 0.129 e. The van der Waals surface area contributed by atoms with Crippen molar-refractivity contribution in [2.24, 2.45) is 0 Å². The Kier molecular flexibility index (Phi) is 4.69. The molecule has 0 spiro atoms. The van der Waals surface area contributed by atoms with E-state index in [0.717, 1.165) is 6.42 Å². The van der Waals surface area contributed by atoms with Crippen LogP contribution >= 0.6 is 0 Å². The van der Waals surface area contributed by atoms with Gasteiger partial charge in [0.2, 0.25) is 0 Å². The van der Waals surface area contributed by atoms with Crippen molar-refractivity contribution in [3.8, 4) is 0 Å². The fourth-order valence-corrected chi connectivity index (χ4v) is 2.02. The van der Waals surface area contributed by atoms with Crippen LogP contribution in [-0.2, 0) is 4.79 Å². The molecule has 0 bridgehead atoms. The lowest BCUT2D eigenvalue weighted by molar-refractivity contribution is -0.117. The number of hydrogen-bond acceptors (Lipinski definition) is 2. The van der Waals surface area contributed by atoms with E-state index in [4.69, 9.17) is 0 Å². The van der Waals surface area contributed by atoms with E-state index in [1.165, 1.54) is 16.7 Å². The van der Waals surface area contributed by atoms with Crippen LogP contribution in [0.1, 0.15) is 42.5 Å². The first-order valence-electron chi connectivity index (χ1n) is 5.78. The first-order valence-corrected chi connectivity index (χ1v) is 5.78. The molecule has 1 N–H and O–H groups in total. The van der Waals surface area contributed by atoms with Crippen LogP contribution < -0.4 is 5.32 Å². The molecule has 2 nitrogen and oxygen atoms in total. The summed E-state index contributed by atoms with van der Waals surface area (Å²) in [5, 5.41) is 3.28. The monoisotopic (exact) mass is 219 g/mol. The molecular formula is C14H21NO. The van der Waals surface area contributed by atoms with Crippen LogP contribution in [0.15, 0.2) is 18.2 Å². The SMILES string of the molecule is CNC(CCC(C)=O)c1ccc(C)cc1C. The zero-order chi connectivity index (χ0) is 12.1. The van der Waals surface area contributed by atoms with Gasteiger partial charge in [0, 0.05) is 12.5 Å². The third kappa shape index (κ3) is 3.46. The largest absolute Gasteiger partial charge is 0.313 e. The molecule has 88 valence electrons. The molecule has 0 aliphatic heterocycles. The molecule has 0 heterocycles. The zero-order valence-corrected chi connectivity index (χ0v) is 10.6. The molecular weight excluding hydrogens is 198 g/mol. The average molecular weight is 219 g/mol. The van der Waals surface area contributed by atoms with E-state index in [0.29, 0.717) is 6.42 Å². The summed E-state index contributed by atoms with van der Waals surface area (Å²) in [5.41, 5.74) is 3.87. The van der Waals surface area contributed by atoms with Crippen molar-refractivity contribution in [1.29, 1.82) is 0 Å². The van der Waals surface area contributed by atoms with Gasteiger partial charge in [0.1, 0.15) is 5.78 Å². The van der Waals surface area contributed by atoms with Crippen molar-refractivity contribution in [3.63, 3.8) is 0 Å². The normalized spacial score (nSPS) is 12.5. The van der Waals surface area contributed by atoms with Crippen molar-refractivity contribution in [1.82, 2.24) is 5.32 Å². The van der Waals surface area contributed by atoms with E-state index in [9.17, 15) is 4.79 Å². The molecule has 0 saturated heterocycles. The van der Waals surface area contributed by atoms with E-state index >= 15 is 0 Å². The van der Waals surface area contributed by atoms with Crippen molar-refractivity contribution in [2.75, 3.05) is 7.05 Å². The van der Waals surface area contributed by atoms with E-state index in [-0.39, 0.29) is 11.8 Å². The van der Waals surface area contributed by atoms with Crippen LogP contribution in [0.25, 0.3) is 0 Å². The van der Waals surface area contributed by atoms with Crippen LogP contribution in [0.2, 0.25) is 0 Å². The Morgan fingerprint density at radius 1 is 1.38 bits per heavy atom. The van der Waals surface area contributed by atoms with Crippen molar-refractivity contribution < 1.29 is 4.79 Å². The first-order chi connectivity index (χ1) is 7.54. The summed E-state index contributed by atoms with van der Waals surface area (Å²) in [7, 11) is 1.95. The van der Waals surface area contributed by atoms with Gasteiger partial charge in [0.15, 0.2) is 0 Å². The van der Waals surface area contributed by atoms with Gasteiger partial charge < -0.3 is 10.1 Å². The summed E-state index contributed by atoms with van der Waals surface area (Å²) < 4.78 is 0. The van der Waals surface area contributed by atoms with Gasteiger partial charge in [-0.25, -0.2) is 0 Å². The molecule has 0 aromatic heterocycles. The second kappa shape index (κ2) is 5.80. The maximum absolute atomic E-state index is 11.0. The van der Waals surface area contributed by atoms with Crippen molar-refractivity contribution in [2.45, 2.75) is 39.7 Å². The molecule has 1 aromatic rings. The Balaban J connectivity index is 2.82. The van der Waals surface area contributed by atoms with Crippen LogP contribution in [-0.4, -0.2) is 12.8 Å². The van der Waals surface area contributed by atoms with Crippen LogP contribution in [0.5, 0.6) is 0 Å². The van der Waals surface area contributed by atoms with Gasteiger partial charge >= 0.3 is 0 Å². The molecule has 0 radical (unpaired) electrons. The highest BCUT2D eigenvalue weighted by molar-refractivity contribution is 5.75. The Morgan fingerprint density at radius 2 is 2.06 bits per heavy atom. The number of rotatable bonds is 5. The summed E-state index contributed by atoms with van der Waals surface area (Å²) >= 11 is 0. The van der Waals surface area contributed by atoms with Gasteiger partial charge in [0.25, 0.3) is 0 Å². The van der Waals surface area contributed by atoms with Crippen molar-refractivity contribution in [3.05, 3.63) is 34.9 Å². The Bertz CT molecular complexity index is 371. The van der Waals surface area contributed by atoms with Crippen LogP contribution in [0.3, 0.4) is 0 Å². The van der Waals surface area contributed by atoms with E-state index in [1.807, 2.05) is 7.05 Å². The predicted octanol–water partition coefficient (Wildman–Crippen LogP) is 2.93. The van der Waals surface area contributed by atoms with Crippen molar-refractivity contribution >= 4 is 5.78 Å². The summed E-state index contributed by atoms with van der Waals surface area (Å²) in [6, 6.07) is 6.75. The van der Waals surface area contributed by atoms with E-state index in [2.05, 4.69) is 37.4 Å². The molecule has 0 saturated carbocycles. The fourth-order valence-electron chi connectivity index (χ4n) is 2.02. The number of ketones is 1. The summed E-state index contributed by atoms with van der Waals surface area (Å²) in [6.07, 6.45) is 1.51. The number of hydrogen-bond donors (Lipinski definition) is 1. The quantitative estimate of drug-likeness (QED) is 0.825. The highest BCUT2D eigenvalue weighted by atomic mass is 16.1. The third-order valence-corrected chi connectivity index (χ3v) is 2.93. The number of aryl methyl sites for hydroxylation is 2. The minimum absolute atomic E-state index is 0.255. The lowest BCUT2D eigenvalue weighted by Crippen LogP contribution is -2.18. The summed E-state index contributed by atoms with van der Waals surface area (Å²) in [5.74, 6) is 0.255. The molecule has 0 aliphatic carbocycles. The van der Waals surface area contributed by atoms with Gasteiger partial charge in [-0.2, -0.15) is 0 Å². The summed E-state index contributed by atoms with van der Waals surface area (Å²) in [4.78, 5) is 11.0. The number of nitrogens with one attached hydrogen (secondary N) is 1. The van der Waals surface area contributed by atoms with Gasteiger partial charge in [-0.1, -0.05) is 23.8 Å². The second-order valence-electron chi connectivity index (χ2n) is 4.44. The van der Waals surface area contributed by atoms with Gasteiger partial charge in [-0.3, -0.25) is 0 Å². The summed E-state index contributed by atoms with van der Waals surface area (Å²) in [6.45, 7) is 5.87. The highest BCUT2D eigenvalue weighted by Crippen LogP contribution is 2.22. The lowest BCUT2D eigenvalue weighted by Gasteiger charge is -2.18. The third-order valence-electron chi connectivity index (χ3n) is 2.93.